The first kappa shape index (κ1) is 11.0. The number of hydrogen-bond donors (Lipinski definition) is 2. The molecule has 0 fully saturated rings. The van der Waals surface area contributed by atoms with E-state index < -0.39 is 17.9 Å². The van der Waals surface area contributed by atoms with Gasteiger partial charge in [0.25, 0.3) is 5.91 Å². The average Bonchev–Trinajstić information content (AvgIpc) is 2.69. The molecule has 0 aromatic carbocycles. The molecule has 1 unspecified atom stereocenters. The third kappa shape index (κ3) is 2.98. The number of amides is 1. The van der Waals surface area contributed by atoms with Gasteiger partial charge in [0.2, 0.25) is 0 Å². The van der Waals surface area contributed by atoms with Crippen molar-refractivity contribution in [3.8, 4) is 0 Å². The van der Waals surface area contributed by atoms with Crippen LogP contribution in [-0.2, 0) is 4.79 Å². The van der Waals surface area contributed by atoms with E-state index in [1.807, 2.05) is 0 Å². The highest BCUT2D eigenvalue weighted by Gasteiger charge is 2.20. The van der Waals surface area contributed by atoms with Gasteiger partial charge in [0, 0.05) is 0 Å². The second-order valence-corrected chi connectivity index (χ2v) is 2.87. The van der Waals surface area contributed by atoms with Crippen molar-refractivity contribution >= 4 is 11.9 Å². The first-order valence-electron chi connectivity index (χ1n) is 4.33. The van der Waals surface area contributed by atoms with Gasteiger partial charge in [-0.05, 0) is 18.6 Å². The number of carboxylic acids is 1. The standard InChI is InChI=1S/C10H11NO4/c1-2-4-7(10(13)14)11-9(12)8-5-3-6-15-8/h2-3,5-7H,1,4H2,(H,11,12)(H,13,14). The maximum atomic E-state index is 11.4. The minimum Gasteiger partial charge on any atom is -0.480 e. The summed E-state index contributed by atoms with van der Waals surface area (Å²) in [6.45, 7) is 3.41. The molecule has 80 valence electrons. The Labute approximate surface area is 86.4 Å². The molecule has 2 N–H and O–H groups in total. The molecular weight excluding hydrogens is 198 g/mol. The van der Waals surface area contributed by atoms with Crippen LogP contribution in [0, 0.1) is 0 Å². The molecule has 0 aliphatic rings. The Hall–Kier alpha value is -2.04. The normalized spacial score (nSPS) is 11.7. The van der Waals surface area contributed by atoms with Crippen molar-refractivity contribution < 1.29 is 19.1 Å². The van der Waals surface area contributed by atoms with Gasteiger partial charge < -0.3 is 14.8 Å². The first-order valence-corrected chi connectivity index (χ1v) is 4.33. The smallest absolute Gasteiger partial charge is 0.326 e. The quantitative estimate of drug-likeness (QED) is 0.710. The van der Waals surface area contributed by atoms with Crippen LogP contribution in [0.25, 0.3) is 0 Å². The Morgan fingerprint density at radius 1 is 1.67 bits per heavy atom. The maximum Gasteiger partial charge on any atom is 0.326 e. The van der Waals surface area contributed by atoms with Crippen molar-refractivity contribution in [2.45, 2.75) is 12.5 Å². The van der Waals surface area contributed by atoms with Gasteiger partial charge in [-0.25, -0.2) is 4.79 Å². The second kappa shape index (κ2) is 4.99. The minimum absolute atomic E-state index is 0.0883. The molecule has 1 heterocycles. The zero-order valence-corrected chi connectivity index (χ0v) is 7.97. The van der Waals surface area contributed by atoms with Crippen LogP contribution in [0.5, 0.6) is 0 Å². The van der Waals surface area contributed by atoms with Gasteiger partial charge in [-0.15, -0.1) is 6.58 Å². The Balaban J connectivity index is 2.62. The van der Waals surface area contributed by atoms with Gasteiger partial charge in [-0.3, -0.25) is 4.79 Å². The summed E-state index contributed by atoms with van der Waals surface area (Å²) >= 11 is 0. The number of carbonyl (C=O) groups excluding carboxylic acids is 1. The summed E-state index contributed by atoms with van der Waals surface area (Å²) in [6, 6.07) is 2.04. The zero-order chi connectivity index (χ0) is 11.3. The van der Waals surface area contributed by atoms with Crippen LogP contribution in [0.3, 0.4) is 0 Å². The van der Waals surface area contributed by atoms with E-state index in [0.717, 1.165) is 0 Å². The molecule has 0 bridgehead atoms. The summed E-state index contributed by atoms with van der Waals surface area (Å²) in [5, 5.41) is 11.1. The van der Waals surface area contributed by atoms with Gasteiger partial charge in [-0.2, -0.15) is 0 Å². The second-order valence-electron chi connectivity index (χ2n) is 2.87. The van der Waals surface area contributed by atoms with E-state index in [9.17, 15) is 9.59 Å². The van der Waals surface area contributed by atoms with E-state index in [2.05, 4.69) is 11.9 Å². The van der Waals surface area contributed by atoms with Crippen molar-refractivity contribution in [2.24, 2.45) is 0 Å². The predicted molar refractivity (Wildman–Crippen MR) is 52.4 cm³/mol. The lowest BCUT2D eigenvalue weighted by Gasteiger charge is -2.10. The fourth-order valence-electron chi connectivity index (χ4n) is 1.03. The molecule has 1 aromatic rings. The molecule has 1 aromatic heterocycles. The van der Waals surface area contributed by atoms with Crippen molar-refractivity contribution in [2.75, 3.05) is 0 Å². The van der Waals surface area contributed by atoms with Gasteiger partial charge >= 0.3 is 5.97 Å². The average molecular weight is 209 g/mol. The number of furan rings is 1. The largest absolute Gasteiger partial charge is 0.480 e. The lowest BCUT2D eigenvalue weighted by Crippen LogP contribution is -2.40. The zero-order valence-electron chi connectivity index (χ0n) is 7.97. The number of carbonyl (C=O) groups is 2. The number of aliphatic carboxylic acids is 1. The van der Waals surface area contributed by atoms with Crippen molar-refractivity contribution in [3.63, 3.8) is 0 Å². The third-order valence-electron chi connectivity index (χ3n) is 1.75. The molecule has 5 heteroatoms. The molecular formula is C10H11NO4. The highest BCUT2D eigenvalue weighted by atomic mass is 16.4. The molecule has 15 heavy (non-hydrogen) atoms. The van der Waals surface area contributed by atoms with E-state index in [1.54, 1.807) is 6.07 Å². The number of hydrogen-bond acceptors (Lipinski definition) is 3. The Morgan fingerprint density at radius 3 is 2.87 bits per heavy atom. The van der Waals surface area contributed by atoms with E-state index in [1.165, 1.54) is 18.4 Å². The molecule has 1 atom stereocenters. The highest BCUT2D eigenvalue weighted by Crippen LogP contribution is 2.01. The highest BCUT2D eigenvalue weighted by molar-refractivity contribution is 5.94. The lowest BCUT2D eigenvalue weighted by atomic mass is 10.2. The summed E-state index contributed by atoms with van der Waals surface area (Å²) in [5.41, 5.74) is 0. The Bertz CT molecular complexity index is 356. The lowest BCUT2D eigenvalue weighted by molar-refractivity contribution is -0.139. The molecule has 0 aliphatic heterocycles. The Morgan fingerprint density at radius 2 is 2.40 bits per heavy atom. The predicted octanol–water partition coefficient (Wildman–Crippen LogP) is 1.04. The van der Waals surface area contributed by atoms with E-state index in [4.69, 9.17) is 9.52 Å². The molecule has 0 saturated carbocycles. The summed E-state index contributed by atoms with van der Waals surface area (Å²) in [5.74, 6) is -1.56. The van der Waals surface area contributed by atoms with Crippen molar-refractivity contribution in [3.05, 3.63) is 36.8 Å². The number of carboxylic acid groups (broad SMARTS) is 1. The topological polar surface area (TPSA) is 79.5 Å². The van der Waals surface area contributed by atoms with Gasteiger partial charge in [0.05, 0.1) is 6.26 Å². The molecule has 1 amide bonds. The fourth-order valence-corrected chi connectivity index (χ4v) is 1.03. The van der Waals surface area contributed by atoms with E-state index in [-0.39, 0.29) is 12.2 Å². The summed E-state index contributed by atoms with van der Waals surface area (Å²) < 4.78 is 4.82. The van der Waals surface area contributed by atoms with Crippen molar-refractivity contribution in [1.82, 2.24) is 5.32 Å². The van der Waals surface area contributed by atoms with Gasteiger partial charge in [0.1, 0.15) is 6.04 Å². The minimum atomic E-state index is -1.10. The fraction of sp³-hybridized carbons (Fsp3) is 0.200. The van der Waals surface area contributed by atoms with E-state index in [0.29, 0.717) is 0 Å². The summed E-state index contributed by atoms with van der Waals surface area (Å²) in [7, 11) is 0. The van der Waals surface area contributed by atoms with Gasteiger partial charge in [0.15, 0.2) is 5.76 Å². The monoisotopic (exact) mass is 209 g/mol. The number of nitrogens with one attached hydrogen (secondary N) is 1. The SMILES string of the molecule is C=CCC(NC(=O)c1ccco1)C(=O)O. The molecule has 0 radical (unpaired) electrons. The van der Waals surface area contributed by atoms with Crippen LogP contribution in [-0.4, -0.2) is 23.0 Å². The molecule has 0 aliphatic carbocycles. The van der Waals surface area contributed by atoms with E-state index >= 15 is 0 Å². The third-order valence-corrected chi connectivity index (χ3v) is 1.75. The van der Waals surface area contributed by atoms with Crippen molar-refractivity contribution in [1.29, 1.82) is 0 Å². The molecule has 0 spiro atoms. The van der Waals surface area contributed by atoms with Crippen LogP contribution >= 0.6 is 0 Å². The molecule has 1 rings (SSSR count). The van der Waals surface area contributed by atoms with Crippen LogP contribution in [0.4, 0.5) is 0 Å². The van der Waals surface area contributed by atoms with Crippen LogP contribution in [0.15, 0.2) is 35.5 Å². The summed E-state index contributed by atoms with van der Waals surface area (Å²) in [4.78, 5) is 22.1. The van der Waals surface area contributed by atoms with Gasteiger partial charge in [-0.1, -0.05) is 6.08 Å². The Kier molecular flexibility index (Phi) is 3.68. The van der Waals surface area contributed by atoms with Crippen LogP contribution in [0.2, 0.25) is 0 Å². The maximum absolute atomic E-state index is 11.4. The van der Waals surface area contributed by atoms with Crippen LogP contribution < -0.4 is 5.32 Å². The number of rotatable bonds is 5. The molecule has 5 nitrogen and oxygen atoms in total. The van der Waals surface area contributed by atoms with Crippen LogP contribution in [0.1, 0.15) is 17.0 Å². The first-order chi connectivity index (χ1) is 7.15. The summed E-state index contributed by atoms with van der Waals surface area (Å²) in [6.07, 6.45) is 2.95. The molecule has 0 saturated heterocycles.